The molecule has 0 atom stereocenters. The van der Waals surface area contributed by atoms with Gasteiger partial charge in [0.2, 0.25) is 0 Å². The maximum Gasteiger partial charge on any atom is 0.329 e. The maximum atomic E-state index is 12.0. The second-order valence-corrected chi connectivity index (χ2v) is 4.07. The van der Waals surface area contributed by atoms with E-state index in [1.807, 2.05) is 0 Å². The summed E-state index contributed by atoms with van der Waals surface area (Å²) in [6, 6.07) is 4.39. The minimum atomic E-state index is -0.370. The quantitative estimate of drug-likeness (QED) is 0.740. The Morgan fingerprint density at radius 3 is 2.75 bits per heavy atom. The number of benzene rings is 1. The van der Waals surface area contributed by atoms with Crippen LogP contribution in [0, 0.1) is 0 Å². The second kappa shape index (κ2) is 2.98. The Hall–Kier alpha value is -2.04. The normalized spacial score (nSPS) is 15.5. The lowest BCUT2D eigenvalue weighted by atomic mass is 10.2. The molecule has 1 aliphatic carbocycles. The second-order valence-electron chi connectivity index (χ2n) is 4.07. The van der Waals surface area contributed by atoms with E-state index in [0.717, 1.165) is 12.8 Å². The van der Waals surface area contributed by atoms with Gasteiger partial charge in [-0.05, 0) is 31.0 Å². The van der Waals surface area contributed by atoms with Crippen molar-refractivity contribution in [1.82, 2.24) is 9.55 Å². The van der Waals surface area contributed by atoms with Crippen molar-refractivity contribution in [1.29, 1.82) is 0 Å². The third kappa shape index (κ3) is 1.25. The first-order valence-electron chi connectivity index (χ1n) is 5.14. The smallest absolute Gasteiger partial charge is 0.329 e. The molecule has 1 saturated carbocycles. The van der Waals surface area contributed by atoms with E-state index in [4.69, 9.17) is 0 Å². The zero-order valence-electron chi connectivity index (χ0n) is 8.43. The van der Waals surface area contributed by atoms with Crippen molar-refractivity contribution < 1.29 is 5.11 Å². The molecule has 1 aromatic heterocycles. The Labute approximate surface area is 90.0 Å². The number of hydrogen-bond donors (Lipinski definition) is 2. The number of aromatic hydroxyl groups is 1. The predicted molar refractivity (Wildman–Crippen MR) is 58.8 cm³/mol. The minimum Gasteiger partial charge on any atom is -0.508 e. The first-order valence-corrected chi connectivity index (χ1v) is 5.14. The molecule has 0 saturated heterocycles. The topological polar surface area (TPSA) is 75.1 Å². The molecule has 0 aliphatic heterocycles. The number of nitrogens with one attached hydrogen (secondary N) is 1. The molecule has 0 unspecified atom stereocenters. The van der Waals surface area contributed by atoms with Gasteiger partial charge in [0.15, 0.2) is 0 Å². The number of aromatic amines is 1. The van der Waals surface area contributed by atoms with Gasteiger partial charge in [0, 0.05) is 6.04 Å². The van der Waals surface area contributed by atoms with Gasteiger partial charge >= 0.3 is 5.69 Å². The van der Waals surface area contributed by atoms with Crippen LogP contribution in [-0.2, 0) is 0 Å². The summed E-state index contributed by atoms with van der Waals surface area (Å²) in [5.41, 5.74) is -0.229. The van der Waals surface area contributed by atoms with Gasteiger partial charge in [-0.15, -0.1) is 0 Å². The van der Waals surface area contributed by atoms with Gasteiger partial charge in [-0.25, -0.2) is 4.79 Å². The van der Waals surface area contributed by atoms with Crippen LogP contribution in [0.5, 0.6) is 5.75 Å². The Morgan fingerprint density at radius 2 is 2.06 bits per heavy atom. The molecule has 5 heteroatoms. The Kier molecular flexibility index (Phi) is 1.71. The summed E-state index contributed by atoms with van der Waals surface area (Å²) >= 11 is 0. The number of nitrogens with zero attached hydrogens (tertiary/aromatic N) is 1. The molecule has 82 valence electrons. The average molecular weight is 218 g/mol. The zero-order chi connectivity index (χ0) is 11.3. The van der Waals surface area contributed by atoms with Crippen molar-refractivity contribution in [2.24, 2.45) is 0 Å². The number of aromatic nitrogens is 2. The van der Waals surface area contributed by atoms with E-state index in [2.05, 4.69) is 4.98 Å². The molecule has 1 heterocycles. The summed E-state index contributed by atoms with van der Waals surface area (Å²) in [4.78, 5) is 26.3. The van der Waals surface area contributed by atoms with Crippen molar-refractivity contribution >= 4 is 10.9 Å². The third-order valence-corrected chi connectivity index (χ3v) is 2.82. The van der Waals surface area contributed by atoms with E-state index in [9.17, 15) is 14.7 Å². The lowest BCUT2D eigenvalue weighted by molar-refractivity contribution is 0.476. The summed E-state index contributed by atoms with van der Waals surface area (Å²) in [6.07, 6.45) is 1.74. The molecule has 0 spiro atoms. The van der Waals surface area contributed by atoms with Crippen LogP contribution in [0.1, 0.15) is 18.9 Å². The van der Waals surface area contributed by atoms with Crippen LogP contribution in [0.3, 0.4) is 0 Å². The fraction of sp³-hybridized carbons (Fsp3) is 0.273. The molecule has 3 rings (SSSR count). The van der Waals surface area contributed by atoms with E-state index in [1.165, 1.54) is 22.8 Å². The first kappa shape index (κ1) is 9.21. The number of hydrogen-bond acceptors (Lipinski definition) is 3. The molecule has 1 aliphatic rings. The molecule has 0 bridgehead atoms. The highest BCUT2D eigenvalue weighted by Gasteiger charge is 2.27. The van der Waals surface area contributed by atoms with Gasteiger partial charge in [0.1, 0.15) is 5.75 Å². The molecule has 16 heavy (non-hydrogen) atoms. The molecule has 0 amide bonds. The summed E-state index contributed by atoms with van der Waals surface area (Å²) in [5.74, 6) is 0.0268. The van der Waals surface area contributed by atoms with E-state index in [1.54, 1.807) is 0 Å². The Morgan fingerprint density at radius 1 is 1.31 bits per heavy atom. The summed E-state index contributed by atoms with van der Waals surface area (Å²) in [6.45, 7) is 0. The largest absolute Gasteiger partial charge is 0.508 e. The minimum absolute atomic E-state index is 0.0268. The van der Waals surface area contributed by atoms with Crippen LogP contribution in [0.2, 0.25) is 0 Å². The van der Waals surface area contributed by atoms with Crippen molar-refractivity contribution in [3.8, 4) is 5.75 Å². The molecule has 1 aromatic carbocycles. The predicted octanol–water partition coefficient (Wildman–Crippen LogP) is 0.730. The van der Waals surface area contributed by atoms with Crippen molar-refractivity contribution in [3.63, 3.8) is 0 Å². The standard InChI is InChI=1S/C11H10N2O3/c14-7-3-4-9-8(5-7)10(15)13(6-1-2-6)11(16)12-9/h3-6,14H,1-2H2,(H,12,16). The fourth-order valence-corrected chi connectivity index (χ4v) is 1.88. The van der Waals surface area contributed by atoms with Crippen molar-refractivity contribution in [2.75, 3.05) is 0 Å². The fourth-order valence-electron chi connectivity index (χ4n) is 1.88. The molecular formula is C11H10N2O3. The van der Waals surface area contributed by atoms with Gasteiger partial charge in [0.25, 0.3) is 5.56 Å². The molecule has 0 radical (unpaired) electrons. The van der Waals surface area contributed by atoms with Gasteiger partial charge < -0.3 is 10.1 Å². The number of phenolic OH excluding ortho intramolecular Hbond substituents is 1. The number of H-pyrrole nitrogens is 1. The highest BCUT2D eigenvalue weighted by Crippen LogP contribution is 2.32. The SMILES string of the molecule is O=c1[nH]c2ccc(O)cc2c(=O)n1C1CC1. The molecular weight excluding hydrogens is 208 g/mol. The van der Waals surface area contributed by atoms with Crippen LogP contribution in [0.15, 0.2) is 27.8 Å². The third-order valence-electron chi connectivity index (χ3n) is 2.82. The lowest BCUT2D eigenvalue weighted by Gasteiger charge is -2.04. The maximum absolute atomic E-state index is 12.0. The molecule has 2 N–H and O–H groups in total. The monoisotopic (exact) mass is 218 g/mol. The number of phenols is 1. The van der Waals surface area contributed by atoms with Crippen molar-refractivity contribution in [3.05, 3.63) is 39.0 Å². The molecule has 5 nitrogen and oxygen atoms in total. The zero-order valence-corrected chi connectivity index (χ0v) is 8.43. The summed E-state index contributed by atoms with van der Waals surface area (Å²) in [7, 11) is 0. The lowest BCUT2D eigenvalue weighted by Crippen LogP contribution is -2.34. The van der Waals surface area contributed by atoms with Crippen LogP contribution in [0.4, 0.5) is 0 Å². The molecule has 1 fully saturated rings. The van der Waals surface area contributed by atoms with Gasteiger partial charge in [-0.2, -0.15) is 0 Å². The van der Waals surface area contributed by atoms with Gasteiger partial charge in [-0.1, -0.05) is 0 Å². The number of fused-ring (bicyclic) bond motifs is 1. The van der Waals surface area contributed by atoms with E-state index in [0.29, 0.717) is 10.9 Å². The number of rotatable bonds is 1. The summed E-state index contributed by atoms with van der Waals surface area (Å²) in [5, 5.41) is 9.68. The highest BCUT2D eigenvalue weighted by molar-refractivity contribution is 5.78. The van der Waals surface area contributed by atoms with E-state index < -0.39 is 0 Å². The summed E-state index contributed by atoms with van der Waals surface area (Å²) < 4.78 is 1.24. The molecule has 2 aromatic rings. The first-order chi connectivity index (χ1) is 7.66. The van der Waals surface area contributed by atoms with Crippen LogP contribution >= 0.6 is 0 Å². The van der Waals surface area contributed by atoms with Crippen LogP contribution in [-0.4, -0.2) is 14.7 Å². The van der Waals surface area contributed by atoms with Gasteiger partial charge in [0.05, 0.1) is 10.9 Å². The Bertz CT molecular complexity index is 680. The van der Waals surface area contributed by atoms with Gasteiger partial charge in [-0.3, -0.25) is 9.36 Å². The van der Waals surface area contributed by atoms with E-state index in [-0.39, 0.29) is 23.0 Å². The van der Waals surface area contributed by atoms with Crippen molar-refractivity contribution in [2.45, 2.75) is 18.9 Å². The van der Waals surface area contributed by atoms with Crippen LogP contribution in [0.25, 0.3) is 10.9 Å². The Balaban J connectivity index is 2.45. The van der Waals surface area contributed by atoms with E-state index >= 15 is 0 Å². The van der Waals surface area contributed by atoms with Crippen LogP contribution < -0.4 is 11.2 Å². The average Bonchev–Trinajstić information content (AvgIpc) is 3.04. The highest BCUT2D eigenvalue weighted by atomic mass is 16.3.